The molecule has 4 nitrogen and oxygen atoms in total. The molecule has 1 rings (SSSR count). The molecule has 1 N–H and O–H groups in total. The molecule has 21 heavy (non-hydrogen) atoms. The van der Waals surface area contributed by atoms with Crippen LogP contribution in [-0.4, -0.2) is 23.7 Å². The number of hydrogen-bond donors (Lipinski definition) is 1. The summed E-state index contributed by atoms with van der Waals surface area (Å²) in [4.78, 5) is 22.5. The Morgan fingerprint density at radius 3 is 2.38 bits per heavy atom. The van der Waals surface area contributed by atoms with Gasteiger partial charge < -0.3 is 9.84 Å². The zero-order chi connectivity index (χ0) is 15.5. The number of carboxylic acids is 1. The molecule has 116 valence electrons. The molecule has 0 bridgehead atoms. The molecule has 1 aromatic rings. The molecule has 0 fully saturated rings. The summed E-state index contributed by atoms with van der Waals surface area (Å²) in [6.45, 7) is 1.90. The van der Waals surface area contributed by atoms with Gasteiger partial charge in [-0.2, -0.15) is 0 Å². The highest BCUT2D eigenvalue weighted by atomic mass is 16.5. The number of carbonyl (C=O) groups excluding carboxylic acids is 1. The molecule has 4 heteroatoms. The van der Waals surface area contributed by atoms with E-state index < -0.39 is 17.9 Å². The van der Waals surface area contributed by atoms with Crippen LogP contribution in [0.1, 0.15) is 44.6 Å². The first-order valence-corrected chi connectivity index (χ1v) is 7.58. The smallest absolute Gasteiger partial charge is 0.320 e. The van der Waals surface area contributed by atoms with Crippen LogP contribution in [0.15, 0.2) is 30.3 Å². The Labute approximate surface area is 126 Å². The molecule has 0 aliphatic heterocycles. The second-order valence-corrected chi connectivity index (χ2v) is 5.08. The summed E-state index contributed by atoms with van der Waals surface area (Å²) in [5.41, 5.74) is 1.33. The number of benzene rings is 1. The third kappa shape index (κ3) is 6.93. The van der Waals surface area contributed by atoms with Gasteiger partial charge in [0.05, 0.1) is 6.61 Å². The second kappa shape index (κ2) is 9.97. The van der Waals surface area contributed by atoms with Crippen molar-refractivity contribution in [3.63, 3.8) is 0 Å². The van der Waals surface area contributed by atoms with Crippen molar-refractivity contribution >= 4 is 11.9 Å². The van der Waals surface area contributed by atoms with Crippen molar-refractivity contribution in [2.45, 2.75) is 45.4 Å². The van der Waals surface area contributed by atoms with Crippen molar-refractivity contribution in [2.75, 3.05) is 6.61 Å². The van der Waals surface area contributed by atoms with E-state index in [2.05, 4.69) is 12.1 Å². The Morgan fingerprint density at radius 2 is 1.76 bits per heavy atom. The largest absolute Gasteiger partial charge is 0.481 e. The highest BCUT2D eigenvalue weighted by Crippen LogP contribution is 2.14. The van der Waals surface area contributed by atoms with Crippen LogP contribution in [0.2, 0.25) is 0 Å². The first-order chi connectivity index (χ1) is 10.1. The number of aryl methyl sites for hydroxylation is 1. The molecule has 0 heterocycles. The average Bonchev–Trinajstić information content (AvgIpc) is 2.47. The van der Waals surface area contributed by atoms with E-state index in [0.29, 0.717) is 6.42 Å². The fraction of sp³-hybridized carbons (Fsp3) is 0.529. The van der Waals surface area contributed by atoms with Crippen molar-refractivity contribution in [1.82, 2.24) is 0 Å². The lowest BCUT2D eigenvalue weighted by Gasteiger charge is -2.10. The number of aliphatic carboxylic acids is 1. The molecule has 0 aliphatic rings. The van der Waals surface area contributed by atoms with E-state index in [1.807, 2.05) is 18.2 Å². The van der Waals surface area contributed by atoms with Crippen LogP contribution in [-0.2, 0) is 20.7 Å². The lowest BCUT2D eigenvalue weighted by Crippen LogP contribution is -2.25. The number of carbonyl (C=O) groups is 2. The summed E-state index contributed by atoms with van der Waals surface area (Å²) < 4.78 is 4.78. The molecule has 0 spiro atoms. The standard InChI is InChI=1S/C17H24O4/c1-2-21-17(20)15(16(18)19)13-9-4-3-6-10-14-11-7-5-8-12-14/h5,7-8,11-12,15H,2-4,6,9-10,13H2,1H3,(H,18,19)/t15-/m1/s1. The van der Waals surface area contributed by atoms with E-state index in [9.17, 15) is 9.59 Å². The summed E-state index contributed by atoms with van der Waals surface area (Å²) in [6, 6.07) is 10.3. The lowest BCUT2D eigenvalue weighted by molar-refractivity contribution is -0.158. The summed E-state index contributed by atoms with van der Waals surface area (Å²) in [5, 5.41) is 9.02. The summed E-state index contributed by atoms with van der Waals surface area (Å²) in [6.07, 6.45) is 5.21. The quantitative estimate of drug-likeness (QED) is 0.407. The predicted molar refractivity (Wildman–Crippen MR) is 81.0 cm³/mol. The molecule has 1 aromatic carbocycles. The Morgan fingerprint density at radius 1 is 1.10 bits per heavy atom. The van der Waals surface area contributed by atoms with Crippen LogP contribution >= 0.6 is 0 Å². The maximum atomic E-state index is 11.5. The van der Waals surface area contributed by atoms with E-state index in [1.165, 1.54) is 5.56 Å². The van der Waals surface area contributed by atoms with E-state index in [0.717, 1.165) is 32.1 Å². The van der Waals surface area contributed by atoms with Gasteiger partial charge in [0.1, 0.15) is 0 Å². The third-order valence-electron chi connectivity index (χ3n) is 3.42. The molecule has 0 radical (unpaired) electrons. The number of ether oxygens (including phenoxy) is 1. The SMILES string of the molecule is CCOC(=O)[C@H](CCCCCCc1ccccc1)C(=O)O. The molecule has 0 amide bonds. The second-order valence-electron chi connectivity index (χ2n) is 5.08. The molecule has 0 unspecified atom stereocenters. The van der Waals surface area contributed by atoms with Gasteiger partial charge in [-0.15, -0.1) is 0 Å². The van der Waals surface area contributed by atoms with Gasteiger partial charge in [-0.05, 0) is 31.7 Å². The fourth-order valence-corrected chi connectivity index (χ4v) is 2.26. The first kappa shape index (κ1) is 17.2. The van der Waals surface area contributed by atoms with Gasteiger partial charge in [-0.25, -0.2) is 0 Å². The first-order valence-electron chi connectivity index (χ1n) is 7.58. The van der Waals surface area contributed by atoms with Crippen LogP contribution in [0.5, 0.6) is 0 Å². The zero-order valence-electron chi connectivity index (χ0n) is 12.6. The maximum absolute atomic E-state index is 11.5. The van der Waals surface area contributed by atoms with Gasteiger partial charge >= 0.3 is 11.9 Å². The molecule has 0 saturated heterocycles. The van der Waals surface area contributed by atoms with Crippen LogP contribution in [0.3, 0.4) is 0 Å². The van der Waals surface area contributed by atoms with Crippen molar-refractivity contribution in [2.24, 2.45) is 5.92 Å². The fourth-order valence-electron chi connectivity index (χ4n) is 2.26. The molecule has 0 aliphatic carbocycles. The Hall–Kier alpha value is -1.84. The van der Waals surface area contributed by atoms with E-state index in [4.69, 9.17) is 9.84 Å². The van der Waals surface area contributed by atoms with Crippen molar-refractivity contribution < 1.29 is 19.4 Å². The molecular formula is C17H24O4. The van der Waals surface area contributed by atoms with Gasteiger partial charge in [-0.3, -0.25) is 9.59 Å². The van der Waals surface area contributed by atoms with Gasteiger partial charge in [0.25, 0.3) is 0 Å². The molecular weight excluding hydrogens is 268 g/mol. The monoisotopic (exact) mass is 292 g/mol. The van der Waals surface area contributed by atoms with Gasteiger partial charge in [0, 0.05) is 0 Å². The molecule has 0 aromatic heterocycles. The average molecular weight is 292 g/mol. The number of carboxylic acid groups (broad SMARTS) is 1. The van der Waals surface area contributed by atoms with E-state index in [-0.39, 0.29) is 6.61 Å². The zero-order valence-corrected chi connectivity index (χ0v) is 12.6. The Kier molecular flexibility index (Phi) is 8.17. The number of unbranched alkanes of at least 4 members (excludes halogenated alkanes) is 3. The molecule has 1 atom stereocenters. The van der Waals surface area contributed by atoms with Crippen molar-refractivity contribution in [3.05, 3.63) is 35.9 Å². The normalized spacial score (nSPS) is 11.9. The van der Waals surface area contributed by atoms with Crippen LogP contribution in [0.25, 0.3) is 0 Å². The predicted octanol–water partition coefficient (Wildman–Crippen LogP) is 3.44. The van der Waals surface area contributed by atoms with Crippen LogP contribution in [0, 0.1) is 5.92 Å². The Balaban J connectivity index is 2.17. The minimum absolute atomic E-state index is 0.222. The maximum Gasteiger partial charge on any atom is 0.320 e. The van der Waals surface area contributed by atoms with E-state index in [1.54, 1.807) is 6.92 Å². The minimum atomic E-state index is -1.09. The highest BCUT2D eigenvalue weighted by Gasteiger charge is 2.26. The number of hydrogen-bond acceptors (Lipinski definition) is 3. The summed E-state index contributed by atoms with van der Waals surface area (Å²) in [7, 11) is 0. The van der Waals surface area contributed by atoms with Crippen LogP contribution < -0.4 is 0 Å². The van der Waals surface area contributed by atoms with Crippen molar-refractivity contribution in [1.29, 1.82) is 0 Å². The number of rotatable bonds is 10. The van der Waals surface area contributed by atoms with Gasteiger partial charge in [0.15, 0.2) is 5.92 Å². The van der Waals surface area contributed by atoms with Crippen LogP contribution in [0.4, 0.5) is 0 Å². The molecule has 0 saturated carbocycles. The minimum Gasteiger partial charge on any atom is -0.481 e. The van der Waals surface area contributed by atoms with Gasteiger partial charge in [-0.1, -0.05) is 49.6 Å². The lowest BCUT2D eigenvalue weighted by atomic mass is 10.00. The van der Waals surface area contributed by atoms with Gasteiger partial charge in [0.2, 0.25) is 0 Å². The number of esters is 1. The highest BCUT2D eigenvalue weighted by molar-refractivity contribution is 5.93. The summed E-state index contributed by atoms with van der Waals surface area (Å²) >= 11 is 0. The third-order valence-corrected chi connectivity index (χ3v) is 3.42. The topological polar surface area (TPSA) is 63.6 Å². The Bertz CT molecular complexity index is 428. The van der Waals surface area contributed by atoms with Crippen molar-refractivity contribution in [3.8, 4) is 0 Å². The summed E-state index contributed by atoms with van der Waals surface area (Å²) in [5.74, 6) is -2.72. The van der Waals surface area contributed by atoms with E-state index >= 15 is 0 Å².